The number of nitrogens with two attached hydrogens (primary N) is 1. The molecule has 2 N–H and O–H groups in total. The third-order valence-electron chi connectivity index (χ3n) is 3.25. The van der Waals surface area contributed by atoms with E-state index < -0.39 is 0 Å². The predicted octanol–water partition coefficient (Wildman–Crippen LogP) is 3.52. The van der Waals surface area contributed by atoms with Gasteiger partial charge in [-0.25, -0.2) is 14.4 Å². The van der Waals surface area contributed by atoms with Gasteiger partial charge in [0.05, 0.1) is 10.2 Å². The molecular weight excluding hydrogens is 323 g/mol. The lowest BCUT2D eigenvalue weighted by molar-refractivity contribution is 0.619. The number of hydrogen-bond donors (Lipinski definition) is 1. The maximum atomic E-state index is 13.6. The van der Waals surface area contributed by atoms with Crippen molar-refractivity contribution in [2.75, 3.05) is 5.73 Å². The summed E-state index contributed by atoms with van der Waals surface area (Å²) in [5, 5.41) is 0. The molecule has 0 atom stereocenters. The van der Waals surface area contributed by atoms with Crippen molar-refractivity contribution in [2.45, 2.75) is 13.8 Å². The molecule has 0 bridgehead atoms. The fourth-order valence-electron chi connectivity index (χ4n) is 2.23. The highest BCUT2D eigenvalue weighted by molar-refractivity contribution is 9.10. The number of aromatic nitrogens is 3. The minimum atomic E-state index is -0.307. The molecule has 4 nitrogen and oxygen atoms in total. The maximum Gasteiger partial charge on any atom is 0.207 e. The first-order valence-electron chi connectivity index (χ1n) is 6.04. The normalized spacial score (nSPS) is 11.2. The molecule has 2 aromatic heterocycles. The lowest BCUT2D eigenvalue weighted by Gasteiger charge is -2.10. The average Bonchev–Trinajstić information content (AvgIpc) is 2.72. The van der Waals surface area contributed by atoms with Crippen LogP contribution >= 0.6 is 15.9 Å². The summed E-state index contributed by atoms with van der Waals surface area (Å²) < 4.78 is 15.7. The van der Waals surface area contributed by atoms with Crippen LogP contribution in [0, 0.1) is 19.7 Å². The van der Waals surface area contributed by atoms with Crippen molar-refractivity contribution in [1.29, 1.82) is 0 Å². The predicted molar refractivity (Wildman–Crippen MR) is 80.4 cm³/mol. The minimum absolute atomic E-state index is 0.307. The van der Waals surface area contributed by atoms with Crippen molar-refractivity contribution in [3.8, 4) is 5.69 Å². The Hall–Kier alpha value is -1.95. The number of aryl methyl sites for hydroxylation is 2. The lowest BCUT2D eigenvalue weighted by atomic mass is 10.2. The number of pyridine rings is 1. The van der Waals surface area contributed by atoms with E-state index in [-0.39, 0.29) is 5.82 Å². The molecule has 1 aromatic carbocycles. The average molecular weight is 335 g/mol. The van der Waals surface area contributed by atoms with E-state index in [1.54, 1.807) is 16.8 Å². The van der Waals surface area contributed by atoms with Crippen molar-refractivity contribution in [1.82, 2.24) is 14.5 Å². The molecule has 20 heavy (non-hydrogen) atoms. The van der Waals surface area contributed by atoms with Gasteiger partial charge in [0.25, 0.3) is 0 Å². The molecule has 102 valence electrons. The summed E-state index contributed by atoms with van der Waals surface area (Å²) in [5.41, 5.74) is 9.96. The van der Waals surface area contributed by atoms with Crippen LogP contribution in [-0.2, 0) is 0 Å². The number of benzene rings is 1. The van der Waals surface area contributed by atoms with Gasteiger partial charge >= 0.3 is 0 Å². The summed E-state index contributed by atoms with van der Waals surface area (Å²) >= 11 is 3.20. The van der Waals surface area contributed by atoms with Gasteiger partial charge in [-0.2, -0.15) is 0 Å². The van der Waals surface area contributed by atoms with Crippen molar-refractivity contribution < 1.29 is 4.39 Å². The zero-order valence-electron chi connectivity index (χ0n) is 11.0. The van der Waals surface area contributed by atoms with Gasteiger partial charge in [0.1, 0.15) is 11.3 Å². The summed E-state index contributed by atoms with van der Waals surface area (Å²) in [6.07, 6.45) is 1.71. The molecule has 0 saturated carbocycles. The molecule has 2 heterocycles. The quantitative estimate of drug-likeness (QED) is 0.740. The summed E-state index contributed by atoms with van der Waals surface area (Å²) in [6, 6.07) is 5.03. The maximum absolute atomic E-state index is 13.6. The Balaban J connectivity index is 2.38. The first-order valence-corrected chi connectivity index (χ1v) is 6.84. The lowest BCUT2D eigenvalue weighted by Crippen LogP contribution is -2.04. The van der Waals surface area contributed by atoms with Crippen molar-refractivity contribution in [3.63, 3.8) is 0 Å². The Bertz CT molecular complexity index is 826. The van der Waals surface area contributed by atoms with Crippen LogP contribution in [0.25, 0.3) is 16.9 Å². The van der Waals surface area contributed by atoms with Gasteiger partial charge in [0.2, 0.25) is 5.95 Å². The Morgan fingerprint density at radius 1 is 1.25 bits per heavy atom. The summed E-state index contributed by atoms with van der Waals surface area (Å²) in [6.45, 7) is 3.78. The van der Waals surface area contributed by atoms with Crippen molar-refractivity contribution >= 4 is 33.0 Å². The monoisotopic (exact) mass is 334 g/mol. The molecule has 0 unspecified atom stereocenters. The second kappa shape index (κ2) is 4.56. The van der Waals surface area contributed by atoms with E-state index in [1.807, 2.05) is 19.9 Å². The van der Waals surface area contributed by atoms with Gasteiger partial charge in [-0.3, -0.25) is 4.57 Å². The van der Waals surface area contributed by atoms with Crippen molar-refractivity contribution in [2.24, 2.45) is 0 Å². The second-order valence-corrected chi connectivity index (χ2v) is 5.51. The minimum Gasteiger partial charge on any atom is -0.369 e. The van der Waals surface area contributed by atoms with Gasteiger partial charge in [0.15, 0.2) is 5.65 Å². The second-order valence-electron chi connectivity index (χ2n) is 4.66. The summed E-state index contributed by atoms with van der Waals surface area (Å²) in [4.78, 5) is 8.70. The SMILES string of the molecule is Cc1cc(F)c(Br)cc1-n1c(N)nc2c(C)ccnc21. The van der Waals surface area contributed by atoms with E-state index in [0.29, 0.717) is 16.1 Å². The third kappa shape index (κ3) is 1.87. The number of imidazole rings is 1. The first-order chi connectivity index (χ1) is 9.49. The molecule has 0 amide bonds. The number of halogens is 2. The van der Waals surface area contributed by atoms with Crippen LogP contribution in [0.4, 0.5) is 10.3 Å². The molecular formula is C14H12BrFN4. The Kier molecular flexibility index (Phi) is 2.97. The number of hydrogen-bond acceptors (Lipinski definition) is 3. The molecule has 0 fully saturated rings. The zero-order valence-corrected chi connectivity index (χ0v) is 12.6. The van der Waals surface area contributed by atoms with E-state index in [1.165, 1.54) is 6.07 Å². The summed E-state index contributed by atoms with van der Waals surface area (Å²) in [7, 11) is 0. The van der Waals surface area contributed by atoms with Crippen molar-refractivity contribution in [3.05, 3.63) is 45.8 Å². The molecule has 0 aliphatic heterocycles. The highest BCUT2D eigenvalue weighted by atomic mass is 79.9. The van der Waals surface area contributed by atoms with Crippen LogP contribution in [0.15, 0.2) is 28.9 Å². The Labute approximate surface area is 123 Å². The topological polar surface area (TPSA) is 56.7 Å². The van der Waals surface area contributed by atoms with Gasteiger partial charge in [0, 0.05) is 6.20 Å². The Morgan fingerprint density at radius 2 is 2.00 bits per heavy atom. The number of rotatable bonds is 1. The fraction of sp³-hybridized carbons (Fsp3) is 0.143. The molecule has 0 aliphatic carbocycles. The van der Waals surface area contributed by atoms with Crippen LogP contribution < -0.4 is 5.73 Å². The van der Waals surface area contributed by atoms with Gasteiger partial charge in [-0.1, -0.05) is 0 Å². The zero-order chi connectivity index (χ0) is 14.4. The molecule has 0 saturated heterocycles. The molecule has 3 rings (SSSR count). The molecule has 0 radical (unpaired) electrons. The molecule has 3 aromatic rings. The van der Waals surface area contributed by atoms with E-state index >= 15 is 0 Å². The Morgan fingerprint density at radius 3 is 2.75 bits per heavy atom. The number of fused-ring (bicyclic) bond motifs is 1. The highest BCUT2D eigenvalue weighted by Gasteiger charge is 2.15. The number of anilines is 1. The number of nitrogens with zero attached hydrogens (tertiary/aromatic N) is 3. The van der Waals surface area contributed by atoms with Crippen LogP contribution in [0.2, 0.25) is 0 Å². The van der Waals surface area contributed by atoms with E-state index in [4.69, 9.17) is 5.73 Å². The standard InChI is InChI=1S/C14H12BrFN4/c1-7-3-4-18-13-12(7)19-14(17)20(13)11-6-9(15)10(16)5-8(11)2/h3-6H,1-2H3,(H2,17,19). The highest BCUT2D eigenvalue weighted by Crippen LogP contribution is 2.28. The summed E-state index contributed by atoms with van der Waals surface area (Å²) in [5.74, 6) is 0.0294. The van der Waals surface area contributed by atoms with Crippen LogP contribution in [0.1, 0.15) is 11.1 Å². The van der Waals surface area contributed by atoms with Gasteiger partial charge < -0.3 is 5.73 Å². The van der Waals surface area contributed by atoms with Gasteiger partial charge in [-0.15, -0.1) is 0 Å². The fourth-order valence-corrected chi connectivity index (χ4v) is 2.56. The number of nitrogen functional groups attached to an aromatic ring is 1. The van der Waals surface area contributed by atoms with Crippen LogP contribution in [0.5, 0.6) is 0 Å². The van der Waals surface area contributed by atoms with E-state index in [9.17, 15) is 4.39 Å². The molecule has 0 spiro atoms. The smallest absolute Gasteiger partial charge is 0.207 e. The molecule has 6 heteroatoms. The van der Waals surface area contributed by atoms with E-state index in [2.05, 4.69) is 25.9 Å². The largest absolute Gasteiger partial charge is 0.369 e. The first kappa shape index (κ1) is 13.1. The third-order valence-corrected chi connectivity index (χ3v) is 3.86. The van der Waals surface area contributed by atoms with Crippen LogP contribution in [0.3, 0.4) is 0 Å². The van der Waals surface area contributed by atoms with Gasteiger partial charge in [-0.05, 0) is 59.1 Å². The van der Waals surface area contributed by atoms with Crippen LogP contribution in [-0.4, -0.2) is 14.5 Å². The molecule has 0 aliphatic rings. The van der Waals surface area contributed by atoms with E-state index in [0.717, 1.165) is 22.3 Å².